The number of halogens is 3. The van der Waals surface area contributed by atoms with Gasteiger partial charge in [0.1, 0.15) is 0 Å². The molecule has 0 spiro atoms. The standard InChI is InChI=1S/C16H18F3N7/c17-16(18,19)15(22-23-15)8-11-4-3-7-26(9-11)10-12-5-1-2-6-13(12)14-20-24-25-21-14/h1-2,5-6,11H,3-4,7-10H2,(H,20,21,24,25). The van der Waals surface area contributed by atoms with Gasteiger partial charge in [0, 0.05) is 25.1 Å². The molecule has 0 saturated carbocycles. The number of likely N-dealkylation sites (tertiary alicyclic amines) is 1. The summed E-state index contributed by atoms with van der Waals surface area (Å²) < 4.78 is 39.2. The van der Waals surface area contributed by atoms with E-state index in [4.69, 9.17) is 0 Å². The van der Waals surface area contributed by atoms with Crippen LogP contribution in [0.5, 0.6) is 0 Å². The predicted molar refractivity (Wildman–Crippen MR) is 85.9 cm³/mol. The lowest BCUT2D eigenvalue weighted by atomic mass is 9.89. The zero-order valence-corrected chi connectivity index (χ0v) is 13.9. The summed E-state index contributed by atoms with van der Waals surface area (Å²) in [4.78, 5) is 2.18. The number of hydrogen-bond donors (Lipinski definition) is 1. The van der Waals surface area contributed by atoms with Gasteiger partial charge < -0.3 is 0 Å². The van der Waals surface area contributed by atoms with Gasteiger partial charge in [0.25, 0.3) is 5.66 Å². The molecule has 1 aromatic heterocycles. The summed E-state index contributed by atoms with van der Waals surface area (Å²) in [5.41, 5.74) is -0.244. The number of aromatic nitrogens is 4. The Morgan fingerprint density at radius 1 is 1.23 bits per heavy atom. The first-order chi connectivity index (χ1) is 12.5. The summed E-state index contributed by atoms with van der Waals surface area (Å²) >= 11 is 0. The molecular formula is C16H18F3N7. The molecule has 26 heavy (non-hydrogen) atoms. The molecule has 10 heteroatoms. The molecule has 3 heterocycles. The summed E-state index contributed by atoms with van der Waals surface area (Å²) in [5, 5.41) is 20.7. The summed E-state index contributed by atoms with van der Waals surface area (Å²) in [5.74, 6) is 0.443. The summed E-state index contributed by atoms with van der Waals surface area (Å²) in [6.45, 7) is 2.09. The van der Waals surface area contributed by atoms with Crippen LogP contribution in [0.25, 0.3) is 11.4 Å². The largest absolute Gasteiger partial charge is 0.437 e. The lowest BCUT2D eigenvalue weighted by Gasteiger charge is -2.34. The number of benzene rings is 1. The van der Waals surface area contributed by atoms with Crippen molar-refractivity contribution in [2.75, 3.05) is 13.1 Å². The van der Waals surface area contributed by atoms with Gasteiger partial charge in [0.05, 0.1) is 0 Å². The Kier molecular flexibility index (Phi) is 4.22. The Morgan fingerprint density at radius 3 is 2.73 bits per heavy atom. The van der Waals surface area contributed by atoms with Crippen molar-refractivity contribution in [3.05, 3.63) is 29.8 Å². The van der Waals surface area contributed by atoms with Gasteiger partial charge in [-0.1, -0.05) is 24.3 Å². The van der Waals surface area contributed by atoms with Crippen molar-refractivity contribution in [3.63, 3.8) is 0 Å². The third-order valence-corrected chi connectivity index (χ3v) is 4.97. The Bertz CT molecular complexity index is 781. The van der Waals surface area contributed by atoms with Crippen molar-refractivity contribution in [2.45, 2.75) is 37.6 Å². The Labute approximate surface area is 147 Å². The van der Waals surface area contributed by atoms with E-state index in [0.717, 1.165) is 30.5 Å². The monoisotopic (exact) mass is 365 g/mol. The predicted octanol–water partition coefficient (Wildman–Crippen LogP) is 3.19. The summed E-state index contributed by atoms with van der Waals surface area (Å²) in [6.07, 6.45) is -2.81. The zero-order valence-electron chi connectivity index (χ0n) is 13.9. The van der Waals surface area contributed by atoms with Crippen LogP contribution in [0.4, 0.5) is 13.2 Å². The second kappa shape index (κ2) is 6.42. The van der Waals surface area contributed by atoms with Gasteiger partial charge in [0.2, 0.25) is 5.82 Å². The van der Waals surface area contributed by atoms with Crippen molar-refractivity contribution < 1.29 is 13.2 Å². The Morgan fingerprint density at radius 2 is 2.04 bits per heavy atom. The molecule has 0 radical (unpaired) electrons. The second-order valence-electron chi connectivity index (χ2n) is 6.85. The number of hydrogen-bond acceptors (Lipinski definition) is 6. The summed E-state index contributed by atoms with van der Waals surface area (Å²) in [7, 11) is 0. The number of nitrogens with one attached hydrogen (secondary N) is 1. The van der Waals surface area contributed by atoms with E-state index in [2.05, 4.69) is 35.8 Å². The van der Waals surface area contributed by atoms with Gasteiger partial charge in [-0.05, 0) is 36.1 Å². The maximum absolute atomic E-state index is 13.1. The zero-order chi connectivity index (χ0) is 18.2. The normalized spacial score (nSPS) is 22.5. The van der Waals surface area contributed by atoms with Crippen LogP contribution in [-0.2, 0) is 6.54 Å². The van der Waals surface area contributed by atoms with Crippen molar-refractivity contribution in [1.82, 2.24) is 25.5 Å². The van der Waals surface area contributed by atoms with E-state index < -0.39 is 11.8 Å². The fourth-order valence-electron chi connectivity index (χ4n) is 3.63. The minimum atomic E-state index is -4.39. The highest BCUT2D eigenvalue weighted by Gasteiger charge is 2.64. The van der Waals surface area contributed by atoms with Crippen molar-refractivity contribution in [2.24, 2.45) is 16.1 Å². The number of piperidine rings is 1. The molecule has 2 aromatic rings. The maximum Gasteiger partial charge on any atom is 0.437 e. The van der Waals surface area contributed by atoms with Crippen LogP contribution in [-0.4, -0.2) is 50.5 Å². The number of alkyl halides is 3. The average molecular weight is 365 g/mol. The highest BCUT2D eigenvalue weighted by Crippen LogP contribution is 2.49. The van der Waals surface area contributed by atoms with Crippen LogP contribution >= 0.6 is 0 Å². The SMILES string of the molecule is FC(F)(F)C1(CC2CCCN(Cc3ccccc3-c3nn[nH]n3)C2)N=N1. The van der Waals surface area contributed by atoms with Gasteiger partial charge >= 0.3 is 6.18 Å². The molecule has 0 bridgehead atoms. The molecule has 7 nitrogen and oxygen atoms in total. The van der Waals surface area contributed by atoms with E-state index in [1.807, 2.05) is 24.3 Å². The molecule has 0 aliphatic carbocycles. The molecule has 1 atom stereocenters. The topological polar surface area (TPSA) is 82.4 Å². The number of tetrazole rings is 1. The van der Waals surface area contributed by atoms with Crippen molar-refractivity contribution >= 4 is 0 Å². The number of rotatable bonds is 5. The van der Waals surface area contributed by atoms with Crippen molar-refractivity contribution in [3.8, 4) is 11.4 Å². The van der Waals surface area contributed by atoms with Crippen LogP contribution in [0.15, 0.2) is 34.5 Å². The first-order valence-corrected chi connectivity index (χ1v) is 8.52. The molecule has 138 valence electrons. The Balaban J connectivity index is 1.44. The van der Waals surface area contributed by atoms with Crippen molar-refractivity contribution in [1.29, 1.82) is 0 Å². The Hall–Kier alpha value is -2.36. The molecule has 1 aromatic carbocycles. The first-order valence-electron chi connectivity index (χ1n) is 8.52. The van der Waals surface area contributed by atoms with E-state index in [1.165, 1.54) is 0 Å². The van der Waals surface area contributed by atoms with E-state index in [1.54, 1.807) is 0 Å². The molecule has 4 rings (SSSR count). The first kappa shape index (κ1) is 17.1. The molecular weight excluding hydrogens is 347 g/mol. The third kappa shape index (κ3) is 3.33. The van der Waals surface area contributed by atoms with Crippen LogP contribution in [0.1, 0.15) is 24.8 Å². The smallest absolute Gasteiger partial charge is 0.299 e. The third-order valence-electron chi connectivity index (χ3n) is 4.97. The van der Waals surface area contributed by atoms with Gasteiger partial charge in [-0.25, -0.2) is 0 Å². The molecule has 0 amide bonds. The highest BCUT2D eigenvalue weighted by molar-refractivity contribution is 5.59. The average Bonchev–Trinajstić information content (AvgIpc) is 3.19. The van der Waals surface area contributed by atoms with Crippen LogP contribution in [0.3, 0.4) is 0 Å². The summed E-state index contributed by atoms with van der Waals surface area (Å²) in [6, 6.07) is 7.73. The van der Waals surface area contributed by atoms with Gasteiger partial charge in [0.15, 0.2) is 0 Å². The number of aromatic amines is 1. The lowest BCUT2D eigenvalue weighted by Crippen LogP contribution is -2.41. The van der Waals surface area contributed by atoms with Crippen LogP contribution < -0.4 is 0 Å². The maximum atomic E-state index is 13.1. The minimum absolute atomic E-state index is 0.0561. The van der Waals surface area contributed by atoms with Gasteiger partial charge in [-0.2, -0.15) is 18.4 Å². The van der Waals surface area contributed by atoms with E-state index in [0.29, 0.717) is 18.9 Å². The quantitative estimate of drug-likeness (QED) is 0.882. The van der Waals surface area contributed by atoms with Crippen LogP contribution in [0.2, 0.25) is 0 Å². The van der Waals surface area contributed by atoms with Crippen LogP contribution in [0, 0.1) is 5.92 Å². The molecule has 1 unspecified atom stereocenters. The van der Waals surface area contributed by atoms with Gasteiger partial charge in [-0.3, -0.25) is 4.90 Å². The highest BCUT2D eigenvalue weighted by atomic mass is 19.4. The van der Waals surface area contributed by atoms with E-state index in [9.17, 15) is 13.2 Å². The molecule has 1 saturated heterocycles. The van der Waals surface area contributed by atoms with Gasteiger partial charge in [-0.15, -0.1) is 20.4 Å². The molecule has 2 aliphatic heterocycles. The fraction of sp³-hybridized carbons (Fsp3) is 0.562. The van der Waals surface area contributed by atoms with E-state index in [-0.39, 0.29) is 12.3 Å². The number of nitrogens with zero attached hydrogens (tertiary/aromatic N) is 6. The molecule has 2 aliphatic rings. The molecule has 1 N–H and O–H groups in total. The fourth-order valence-corrected chi connectivity index (χ4v) is 3.63. The second-order valence-corrected chi connectivity index (χ2v) is 6.85. The molecule has 1 fully saturated rings. The number of H-pyrrole nitrogens is 1. The minimum Gasteiger partial charge on any atom is -0.299 e. The lowest BCUT2D eigenvalue weighted by molar-refractivity contribution is -0.168. The van der Waals surface area contributed by atoms with E-state index >= 15 is 0 Å².